The first-order valence-corrected chi connectivity index (χ1v) is 7.94. The number of nitrogens with zero attached hydrogens (tertiary/aromatic N) is 4. The summed E-state index contributed by atoms with van der Waals surface area (Å²) >= 11 is 0. The molecule has 1 aliphatic heterocycles. The summed E-state index contributed by atoms with van der Waals surface area (Å²) in [6.07, 6.45) is 9.67. The van der Waals surface area contributed by atoms with E-state index >= 15 is 0 Å². The van der Waals surface area contributed by atoms with E-state index in [1.54, 1.807) is 6.20 Å². The van der Waals surface area contributed by atoms with Crippen molar-refractivity contribution in [1.29, 1.82) is 0 Å². The fraction of sp³-hybridized carbons (Fsp3) is 0.625. The highest BCUT2D eigenvalue weighted by Gasteiger charge is 2.47. The zero-order valence-corrected chi connectivity index (χ0v) is 12.7. The van der Waals surface area contributed by atoms with Crippen LogP contribution in [0.5, 0.6) is 0 Å². The van der Waals surface area contributed by atoms with E-state index in [2.05, 4.69) is 14.4 Å². The van der Waals surface area contributed by atoms with Gasteiger partial charge in [0.25, 0.3) is 5.92 Å². The Bertz CT molecular complexity index is 681. The third-order valence-electron chi connectivity index (χ3n) is 5.13. The van der Waals surface area contributed by atoms with Crippen molar-refractivity contribution >= 4 is 5.52 Å². The fourth-order valence-electron chi connectivity index (χ4n) is 3.88. The fourth-order valence-corrected chi connectivity index (χ4v) is 3.88. The molecule has 0 aromatic carbocycles. The zero-order valence-electron chi connectivity index (χ0n) is 12.7. The van der Waals surface area contributed by atoms with Gasteiger partial charge < -0.3 is 4.40 Å². The SMILES string of the molecule is Cc1nccn2c1cnc2[C@H]1CC[C@H](N2CC(F)(F)C2)CC1. The molecule has 1 saturated carbocycles. The minimum Gasteiger partial charge on any atom is -0.300 e. The normalized spacial score (nSPS) is 28.7. The molecule has 4 rings (SSSR count). The molecule has 1 aliphatic carbocycles. The molecule has 118 valence electrons. The van der Waals surface area contributed by atoms with Crippen molar-refractivity contribution in [2.45, 2.75) is 50.5 Å². The summed E-state index contributed by atoms with van der Waals surface area (Å²) in [7, 11) is 0. The Labute approximate surface area is 128 Å². The number of aromatic nitrogens is 3. The van der Waals surface area contributed by atoms with Gasteiger partial charge in [-0.05, 0) is 32.6 Å². The maximum absolute atomic E-state index is 13.0. The van der Waals surface area contributed by atoms with Gasteiger partial charge in [-0.2, -0.15) is 0 Å². The van der Waals surface area contributed by atoms with Crippen LogP contribution in [0, 0.1) is 6.92 Å². The Kier molecular flexibility index (Phi) is 3.18. The number of likely N-dealkylation sites (tertiary alicyclic amines) is 1. The lowest BCUT2D eigenvalue weighted by atomic mass is 9.83. The van der Waals surface area contributed by atoms with Crippen molar-refractivity contribution in [1.82, 2.24) is 19.3 Å². The van der Waals surface area contributed by atoms with Crippen molar-refractivity contribution in [3.63, 3.8) is 0 Å². The average Bonchev–Trinajstić information content (AvgIpc) is 2.90. The number of halogens is 2. The minimum atomic E-state index is -2.46. The molecule has 0 atom stereocenters. The number of fused-ring (bicyclic) bond motifs is 1. The van der Waals surface area contributed by atoms with E-state index in [0.717, 1.165) is 42.7 Å². The van der Waals surface area contributed by atoms with Gasteiger partial charge in [0, 0.05) is 24.4 Å². The molecule has 0 amide bonds. The van der Waals surface area contributed by atoms with Crippen LogP contribution in [-0.2, 0) is 0 Å². The molecule has 2 fully saturated rings. The Morgan fingerprint density at radius 1 is 1.14 bits per heavy atom. The second-order valence-electron chi connectivity index (χ2n) is 6.65. The summed E-state index contributed by atoms with van der Waals surface area (Å²) in [5.74, 6) is -0.948. The predicted octanol–water partition coefficient (Wildman–Crippen LogP) is 3.01. The van der Waals surface area contributed by atoms with Crippen LogP contribution in [0.25, 0.3) is 5.52 Å². The van der Waals surface area contributed by atoms with E-state index in [9.17, 15) is 8.78 Å². The molecule has 1 saturated heterocycles. The van der Waals surface area contributed by atoms with Crippen molar-refractivity contribution in [3.05, 3.63) is 30.1 Å². The van der Waals surface area contributed by atoms with Crippen LogP contribution in [0.3, 0.4) is 0 Å². The summed E-state index contributed by atoms with van der Waals surface area (Å²) in [6.45, 7) is 1.88. The first-order chi connectivity index (χ1) is 10.5. The molecule has 2 aliphatic rings. The molecule has 0 N–H and O–H groups in total. The van der Waals surface area contributed by atoms with Gasteiger partial charge in [-0.25, -0.2) is 13.8 Å². The standard InChI is InChI=1S/C16H20F2N4/c1-11-14-8-20-15(22(14)7-6-19-11)12-2-4-13(5-3-12)21-9-16(17,18)10-21/h6-8,12-13H,2-5,9-10H2,1H3/t12-,13-. The number of alkyl halides is 2. The third-order valence-corrected chi connectivity index (χ3v) is 5.13. The number of hydrogen-bond donors (Lipinski definition) is 0. The number of aryl methyl sites for hydroxylation is 1. The van der Waals surface area contributed by atoms with Crippen molar-refractivity contribution in [3.8, 4) is 0 Å². The summed E-state index contributed by atoms with van der Waals surface area (Å²) in [5.41, 5.74) is 2.04. The van der Waals surface area contributed by atoms with Gasteiger partial charge in [-0.1, -0.05) is 0 Å². The van der Waals surface area contributed by atoms with Gasteiger partial charge in [-0.3, -0.25) is 9.88 Å². The van der Waals surface area contributed by atoms with E-state index in [-0.39, 0.29) is 13.1 Å². The molecular weight excluding hydrogens is 286 g/mol. The number of rotatable bonds is 2. The zero-order chi connectivity index (χ0) is 15.3. The maximum atomic E-state index is 13.0. The highest BCUT2D eigenvalue weighted by Crippen LogP contribution is 2.38. The lowest BCUT2D eigenvalue weighted by Gasteiger charge is -2.46. The quantitative estimate of drug-likeness (QED) is 0.855. The predicted molar refractivity (Wildman–Crippen MR) is 79.2 cm³/mol. The van der Waals surface area contributed by atoms with Crippen LogP contribution >= 0.6 is 0 Å². The summed E-state index contributed by atoms with van der Waals surface area (Å²) in [5, 5.41) is 0. The van der Waals surface area contributed by atoms with Crippen LogP contribution in [-0.4, -0.2) is 44.3 Å². The first kappa shape index (κ1) is 14.1. The molecular formula is C16H20F2N4. The molecule has 4 nitrogen and oxygen atoms in total. The van der Waals surface area contributed by atoms with Crippen molar-refractivity contribution in [2.75, 3.05) is 13.1 Å². The molecule has 2 aromatic rings. The molecule has 22 heavy (non-hydrogen) atoms. The molecule has 0 radical (unpaired) electrons. The molecule has 0 unspecified atom stereocenters. The smallest absolute Gasteiger partial charge is 0.272 e. The minimum absolute atomic E-state index is 0.0560. The average molecular weight is 306 g/mol. The van der Waals surface area contributed by atoms with Crippen LogP contribution in [0.15, 0.2) is 18.6 Å². The Morgan fingerprint density at radius 2 is 1.86 bits per heavy atom. The van der Waals surface area contributed by atoms with Gasteiger partial charge in [0.2, 0.25) is 0 Å². The monoisotopic (exact) mass is 306 g/mol. The Balaban J connectivity index is 1.46. The number of hydrogen-bond acceptors (Lipinski definition) is 3. The molecule has 2 aromatic heterocycles. The van der Waals surface area contributed by atoms with Crippen LogP contribution in [0.4, 0.5) is 8.78 Å². The summed E-state index contributed by atoms with van der Waals surface area (Å²) in [6, 6.07) is 0.325. The molecule has 0 bridgehead atoms. The van der Waals surface area contributed by atoms with E-state index in [1.807, 2.05) is 24.2 Å². The van der Waals surface area contributed by atoms with E-state index in [0.29, 0.717) is 12.0 Å². The first-order valence-electron chi connectivity index (χ1n) is 7.94. The molecule has 3 heterocycles. The topological polar surface area (TPSA) is 33.4 Å². The maximum Gasteiger partial charge on any atom is 0.272 e. The van der Waals surface area contributed by atoms with Gasteiger partial charge in [0.1, 0.15) is 5.82 Å². The Morgan fingerprint density at radius 3 is 2.55 bits per heavy atom. The second-order valence-corrected chi connectivity index (χ2v) is 6.65. The second kappa shape index (κ2) is 4.98. The van der Waals surface area contributed by atoms with Crippen molar-refractivity contribution < 1.29 is 8.78 Å². The lowest BCUT2D eigenvalue weighted by molar-refractivity contribution is -0.150. The largest absolute Gasteiger partial charge is 0.300 e. The summed E-state index contributed by atoms with van der Waals surface area (Å²) < 4.78 is 28.1. The highest BCUT2D eigenvalue weighted by molar-refractivity contribution is 5.50. The summed E-state index contributed by atoms with van der Waals surface area (Å²) in [4.78, 5) is 10.8. The van der Waals surface area contributed by atoms with Gasteiger partial charge in [0.05, 0.1) is 30.5 Å². The van der Waals surface area contributed by atoms with E-state index < -0.39 is 5.92 Å². The van der Waals surface area contributed by atoms with Gasteiger partial charge in [0.15, 0.2) is 0 Å². The Hall–Kier alpha value is -1.56. The van der Waals surface area contributed by atoms with Crippen LogP contribution in [0.2, 0.25) is 0 Å². The molecule has 6 heteroatoms. The van der Waals surface area contributed by atoms with Gasteiger partial charge in [-0.15, -0.1) is 0 Å². The van der Waals surface area contributed by atoms with Crippen LogP contribution in [0.1, 0.15) is 43.1 Å². The number of imidazole rings is 1. The van der Waals surface area contributed by atoms with E-state index in [1.165, 1.54) is 0 Å². The van der Waals surface area contributed by atoms with Crippen LogP contribution < -0.4 is 0 Å². The van der Waals surface area contributed by atoms with E-state index in [4.69, 9.17) is 0 Å². The molecule has 0 spiro atoms. The van der Waals surface area contributed by atoms with Gasteiger partial charge >= 0.3 is 0 Å². The third kappa shape index (κ3) is 2.29. The van der Waals surface area contributed by atoms with Crippen molar-refractivity contribution in [2.24, 2.45) is 0 Å². The highest BCUT2D eigenvalue weighted by atomic mass is 19.3. The lowest BCUT2D eigenvalue weighted by Crippen LogP contribution is -2.60.